The minimum Gasteiger partial charge on any atom is -0.384 e. The molecule has 3 rings (SSSR count). The zero-order chi connectivity index (χ0) is 15.0. The van der Waals surface area contributed by atoms with Crippen molar-refractivity contribution in [2.24, 2.45) is 5.92 Å². The summed E-state index contributed by atoms with van der Waals surface area (Å²) in [5.74, 6) is 0.502. The number of fused-ring (bicyclic) bond motifs is 1. The first-order chi connectivity index (χ1) is 10.0. The van der Waals surface area contributed by atoms with Gasteiger partial charge in [0.05, 0.1) is 5.02 Å². The fourth-order valence-corrected chi connectivity index (χ4v) is 3.24. The zero-order valence-corrected chi connectivity index (χ0v) is 12.3. The number of aromatic nitrogens is 1. The van der Waals surface area contributed by atoms with Crippen molar-refractivity contribution in [2.75, 3.05) is 18.8 Å². The molecule has 2 saturated heterocycles. The number of nitrogens with two attached hydrogens (primary N) is 1. The Balaban J connectivity index is 1.74. The van der Waals surface area contributed by atoms with Crippen molar-refractivity contribution < 1.29 is 9.59 Å². The SMILES string of the molecule is Nc1ccc(Cl)c(C(=O)N2CCC3NC(=O)CCC3C2)n1. The summed E-state index contributed by atoms with van der Waals surface area (Å²) >= 11 is 6.04. The molecule has 3 heterocycles. The molecule has 0 bridgehead atoms. The van der Waals surface area contributed by atoms with Gasteiger partial charge in [0.1, 0.15) is 11.5 Å². The highest BCUT2D eigenvalue weighted by Crippen LogP contribution is 2.27. The number of piperidine rings is 2. The summed E-state index contributed by atoms with van der Waals surface area (Å²) in [5.41, 5.74) is 5.83. The zero-order valence-electron chi connectivity index (χ0n) is 11.5. The van der Waals surface area contributed by atoms with Crippen LogP contribution in [0.2, 0.25) is 5.02 Å². The van der Waals surface area contributed by atoms with E-state index in [0.717, 1.165) is 12.8 Å². The maximum Gasteiger partial charge on any atom is 0.274 e. The average molecular weight is 309 g/mol. The Morgan fingerprint density at radius 1 is 1.43 bits per heavy atom. The van der Waals surface area contributed by atoms with Crippen molar-refractivity contribution >= 4 is 29.2 Å². The molecule has 0 radical (unpaired) electrons. The normalized spacial score (nSPS) is 25.2. The first-order valence-corrected chi connectivity index (χ1v) is 7.43. The van der Waals surface area contributed by atoms with Crippen LogP contribution in [0.4, 0.5) is 5.82 Å². The largest absolute Gasteiger partial charge is 0.384 e. The first kappa shape index (κ1) is 14.1. The summed E-state index contributed by atoms with van der Waals surface area (Å²) < 4.78 is 0. The van der Waals surface area contributed by atoms with Gasteiger partial charge in [0.2, 0.25) is 5.91 Å². The van der Waals surface area contributed by atoms with E-state index in [1.165, 1.54) is 0 Å². The van der Waals surface area contributed by atoms with Crippen LogP contribution < -0.4 is 11.1 Å². The van der Waals surface area contributed by atoms with E-state index >= 15 is 0 Å². The van der Waals surface area contributed by atoms with Crippen LogP contribution in [0.1, 0.15) is 29.8 Å². The number of carbonyl (C=O) groups excluding carboxylic acids is 2. The van der Waals surface area contributed by atoms with E-state index in [4.69, 9.17) is 17.3 Å². The van der Waals surface area contributed by atoms with E-state index in [2.05, 4.69) is 10.3 Å². The molecule has 2 amide bonds. The van der Waals surface area contributed by atoms with Crippen LogP contribution in [-0.4, -0.2) is 40.8 Å². The number of amides is 2. The summed E-state index contributed by atoms with van der Waals surface area (Å²) in [7, 11) is 0. The van der Waals surface area contributed by atoms with Gasteiger partial charge < -0.3 is 16.0 Å². The van der Waals surface area contributed by atoms with Gasteiger partial charge in [-0.15, -0.1) is 0 Å². The highest BCUT2D eigenvalue weighted by molar-refractivity contribution is 6.33. The smallest absolute Gasteiger partial charge is 0.274 e. The quantitative estimate of drug-likeness (QED) is 0.812. The predicted molar refractivity (Wildman–Crippen MR) is 78.8 cm³/mol. The molecule has 3 N–H and O–H groups in total. The van der Waals surface area contributed by atoms with Crippen molar-refractivity contribution in [1.29, 1.82) is 0 Å². The molecule has 7 heteroatoms. The van der Waals surface area contributed by atoms with Crippen LogP contribution in [0.3, 0.4) is 0 Å². The lowest BCUT2D eigenvalue weighted by Crippen LogP contribution is -2.55. The summed E-state index contributed by atoms with van der Waals surface area (Å²) in [6.45, 7) is 1.21. The maximum atomic E-state index is 12.5. The number of likely N-dealkylation sites (tertiary alicyclic amines) is 1. The molecule has 6 nitrogen and oxygen atoms in total. The van der Waals surface area contributed by atoms with Crippen LogP contribution in [0.25, 0.3) is 0 Å². The number of carbonyl (C=O) groups is 2. The van der Waals surface area contributed by atoms with E-state index < -0.39 is 0 Å². The number of anilines is 1. The fourth-order valence-electron chi connectivity index (χ4n) is 3.05. The van der Waals surface area contributed by atoms with Gasteiger partial charge >= 0.3 is 0 Å². The third-order valence-electron chi connectivity index (χ3n) is 4.18. The van der Waals surface area contributed by atoms with Gasteiger partial charge in [0, 0.05) is 25.6 Å². The summed E-state index contributed by atoms with van der Waals surface area (Å²) in [6, 6.07) is 3.34. The number of hydrogen-bond acceptors (Lipinski definition) is 4. The van der Waals surface area contributed by atoms with E-state index in [0.29, 0.717) is 30.5 Å². The first-order valence-electron chi connectivity index (χ1n) is 7.05. The minimum atomic E-state index is -0.192. The number of nitrogens with one attached hydrogen (secondary N) is 1. The Morgan fingerprint density at radius 2 is 2.24 bits per heavy atom. The van der Waals surface area contributed by atoms with E-state index in [1.54, 1.807) is 17.0 Å². The monoisotopic (exact) mass is 308 g/mol. The molecule has 2 aliphatic rings. The molecule has 112 valence electrons. The second kappa shape index (κ2) is 5.52. The lowest BCUT2D eigenvalue weighted by atomic mass is 9.85. The molecule has 2 aliphatic heterocycles. The van der Waals surface area contributed by atoms with Gasteiger partial charge in [-0.25, -0.2) is 4.98 Å². The molecule has 0 saturated carbocycles. The van der Waals surface area contributed by atoms with Gasteiger partial charge in [0.25, 0.3) is 5.91 Å². The predicted octanol–water partition coefficient (Wildman–Crippen LogP) is 1.06. The van der Waals surface area contributed by atoms with Gasteiger partial charge in [-0.1, -0.05) is 11.6 Å². The van der Waals surface area contributed by atoms with Crippen molar-refractivity contribution in [2.45, 2.75) is 25.3 Å². The molecule has 2 fully saturated rings. The third kappa shape index (κ3) is 2.81. The molecular weight excluding hydrogens is 292 g/mol. The van der Waals surface area contributed by atoms with Gasteiger partial charge in [0.15, 0.2) is 0 Å². The van der Waals surface area contributed by atoms with Crippen molar-refractivity contribution in [3.63, 3.8) is 0 Å². The minimum absolute atomic E-state index is 0.108. The molecule has 0 spiro atoms. The molecule has 0 aliphatic carbocycles. The Bertz CT molecular complexity index is 592. The lowest BCUT2D eigenvalue weighted by Gasteiger charge is -2.41. The number of halogens is 1. The Labute approximate surface area is 127 Å². The van der Waals surface area contributed by atoms with Crippen LogP contribution in [0.15, 0.2) is 12.1 Å². The molecule has 2 atom stereocenters. The maximum absolute atomic E-state index is 12.5. The molecule has 1 aromatic heterocycles. The molecular formula is C14H17ClN4O2. The topological polar surface area (TPSA) is 88.3 Å². The highest BCUT2D eigenvalue weighted by atomic mass is 35.5. The number of hydrogen-bond donors (Lipinski definition) is 2. The molecule has 2 unspecified atom stereocenters. The van der Waals surface area contributed by atoms with E-state index in [9.17, 15) is 9.59 Å². The summed E-state index contributed by atoms with van der Waals surface area (Å²) in [6.07, 6.45) is 2.11. The van der Waals surface area contributed by atoms with E-state index in [-0.39, 0.29) is 29.4 Å². The number of pyridine rings is 1. The van der Waals surface area contributed by atoms with E-state index in [1.807, 2.05) is 0 Å². The number of nitrogens with zero attached hydrogens (tertiary/aromatic N) is 2. The summed E-state index contributed by atoms with van der Waals surface area (Å²) in [4.78, 5) is 29.8. The number of nitrogen functional groups attached to an aromatic ring is 1. The molecule has 0 aromatic carbocycles. The highest BCUT2D eigenvalue weighted by Gasteiger charge is 2.36. The van der Waals surface area contributed by atoms with Crippen molar-refractivity contribution in [1.82, 2.24) is 15.2 Å². The fraction of sp³-hybridized carbons (Fsp3) is 0.500. The van der Waals surface area contributed by atoms with Crippen LogP contribution in [0.5, 0.6) is 0 Å². The van der Waals surface area contributed by atoms with Crippen molar-refractivity contribution in [3.8, 4) is 0 Å². The van der Waals surface area contributed by atoms with Gasteiger partial charge in [-0.05, 0) is 30.9 Å². The average Bonchev–Trinajstić information content (AvgIpc) is 2.48. The van der Waals surface area contributed by atoms with Crippen LogP contribution >= 0.6 is 11.6 Å². The lowest BCUT2D eigenvalue weighted by molar-refractivity contribution is -0.125. The summed E-state index contributed by atoms with van der Waals surface area (Å²) in [5, 5.41) is 3.31. The molecule has 21 heavy (non-hydrogen) atoms. The Morgan fingerprint density at radius 3 is 3.05 bits per heavy atom. The Hall–Kier alpha value is -1.82. The second-order valence-electron chi connectivity index (χ2n) is 5.58. The van der Waals surface area contributed by atoms with Crippen LogP contribution in [-0.2, 0) is 4.79 Å². The number of rotatable bonds is 1. The van der Waals surface area contributed by atoms with Crippen molar-refractivity contribution in [3.05, 3.63) is 22.8 Å². The van der Waals surface area contributed by atoms with Gasteiger partial charge in [-0.2, -0.15) is 0 Å². The second-order valence-corrected chi connectivity index (χ2v) is 5.99. The standard InChI is InChI=1S/C14H17ClN4O2/c15-9-2-3-11(16)18-13(9)14(21)19-6-5-10-8(7-19)1-4-12(20)17-10/h2-3,8,10H,1,4-7H2,(H2,16,18)(H,17,20). The third-order valence-corrected chi connectivity index (χ3v) is 4.48. The van der Waals surface area contributed by atoms with Gasteiger partial charge in [-0.3, -0.25) is 9.59 Å². The Kier molecular flexibility index (Phi) is 3.71. The molecule has 1 aromatic rings. The van der Waals surface area contributed by atoms with Crippen LogP contribution in [0, 0.1) is 5.92 Å².